The lowest BCUT2D eigenvalue weighted by Crippen LogP contribution is -2.63. The first kappa shape index (κ1) is 17.7. The van der Waals surface area contributed by atoms with Crippen molar-refractivity contribution in [1.29, 1.82) is 0 Å². The molecule has 0 aliphatic carbocycles. The lowest BCUT2D eigenvalue weighted by molar-refractivity contribution is -0.777. The molecule has 9 heteroatoms. The fourth-order valence-corrected chi connectivity index (χ4v) is 3.37. The Hall–Kier alpha value is -2.07. The van der Waals surface area contributed by atoms with Crippen LogP contribution in [0.2, 0.25) is 0 Å². The molecule has 136 valence electrons. The Bertz CT molecular complexity index is 682. The van der Waals surface area contributed by atoms with E-state index in [2.05, 4.69) is 0 Å². The van der Waals surface area contributed by atoms with Gasteiger partial charge in [-0.25, -0.2) is 4.79 Å². The summed E-state index contributed by atoms with van der Waals surface area (Å²) in [6.45, 7) is 0. The molecule has 2 fully saturated rings. The monoisotopic (exact) mass is 353 g/mol. The Morgan fingerprint density at radius 1 is 1.28 bits per heavy atom. The van der Waals surface area contributed by atoms with E-state index in [0.717, 1.165) is 5.56 Å². The molecule has 0 bridgehead atoms. The number of carbonyl (C=O) groups is 2. The molecule has 6 atom stereocenters. The third-order valence-corrected chi connectivity index (χ3v) is 4.85. The van der Waals surface area contributed by atoms with Gasteiger partial charge in [0.2, 0.25) is 5.91 Å². The van der Waals surface area contributed by atoms with Crippen molar-refractivity contribution in [2.24, 2.45) is 0 Å². The first-order valence-electron chi connectivity index (χ1n) is 8.00. The number of likely N-dealkylation sites (tertiary alicyclic amines) is 1. The van der Waals surface area contributed by atoms with E-state index in [0.29, 0.717) is 12.8 Å². The predicted molar refractivity (Wildman–Crippen MR) is 80.9 cm³/mol. The van der Waals surface area contributed by atoms with Crippen molar-refractivity contribution in [3.8, 4) is 0 Å². The number of ether oxygens (including phenoxy) is 1. The first-order chi connectivity index (χ1) is 11.8. The lowest BCUT2D eigenvalue weighted by Gasteiger charge is -2.35. The zero-order valence-corrected chi connectivity index (χ0v) is 13.6. The van der Waals surface area contributed by atoms with Crippen molar-refractivity contribution < 1.29 is 39.3 Å². The number of hydrogen-bond acceptors (Lipinski definition) is 6. The summed E-state index contributed by atoms with van der Waals surface area (Å²) >= 11 is 0. The van der Waals surface area contributed by atoms with Crippen LogP contribution < -0.4 is 4.57 Å². The van der Waals surface area contributed by atoms with Crippen LogP contribution in [0.3, 0.4) is 0 Å². The molecule has 3 heterocycles. The van der Waals surface area contributed by atoms with Crippen LogP contribution in [0.15, 0.2) is 24.5 Å². The average molecular weight is 353 g/mol. The van der Waals surface area contributed by atoms with Crippen LogP contribution in [-0.2, 0) is 14.3 Å². The van der Waals surface area contributed by atoms with Crippen molar-refractivity contribution in [2.45, 2.75) is 49.5 Å². The van der Waals surface area contributed by atoms with Crippen molar-refractivity contribution in [1.82, 2.24) is 4.90 Å². The number of rotatable bonds is 3. The summed E-state index contributed by atoms with van der Waals surface area (Å²) in [5.74, 6) is -1.39. The second-order valence-electron chi connectivity index (χ2n) is 6.40. The van der Waals surface area contributed by atoms with Gasteiger partial charge >= 0.3 is 5.97 Å². The Kier molecular flexibility index (Phi) is 4.74. The summed E-state index contributed by atoms with van der Waals surface area (Å²) < 4.78 is 6.76. The molecule has 3 rings (SSSR count). The fraction of sp³-hybridized carbons (Fsp3) is 0.562. The summed E-state index contributed by atoms with van der Waals surface area (Å²) in [6, 6.07) is 3.40. The smallest absolute Gasteiger partial charge is 0.335 e. The van der Waals surface area contributed by atoms with Crippen molar-refractivity contribution in [2.75, 3.05) is 7.05 Å². The predicted octanol–water partition coefficient (Wildman–Crippen LogP) is -1.67. The van der Waals surface area contributed by atoms with Crippen molar-refractivity contribution >= 4 is 11.9 Å². The number of aliphatic carboxylic acids is 1. The normalized spacial score (nSPS) is 35.8. The van der Waals surface area contributed by atoms with Crippen LogP contribution in [0, 0.1) is 0 Å². The topological polar surface area (TPSA) is 131 Å². The molecule has 2 aliphatic heterocycles. The molecule has 1 aromatic heterocycles. The van der Waals surface area contributed by atoms with Gasteiger partial charge < -0.3 is 30.1 Å². The van der Waals surface area contributed by atoms with E-state index in [1.165, 1.54) is 4.57 Å². The summed E-state index contributed by atoms with van der Waals surface area (Å²) in [6.07, 6.45) is -3.41. The molecule has 0 saturated carbocycles. The Morgan fingerprint density at radius 3 is 2.60 bits per heavy atom. The van der Waals surface area contributed by atoms with E-state index < -0.39 is 36.6 Å². The van der Waals surface area contributed by atoms with Gasteiger partial charge in [0, 0.05) is 25.1 Å². The standard InChI is InChI=1S/C16H20N2O7/c1-17-9(4-5-10(17)19)8-3-2-6-18(7-8)15-13(22)11(20)12(21)14(25-15)16(23)24/h2-3,6-7,9,11-15,20-22H,4-5H2,1H3/p+1/t9-,11?,12-,13?,14?,15-/m0/s1. The number of carbonyl (C=O) groups excluding carboxylic acids is 1. The molecule has 9 nitrogen and oxygen atoms in total. The minimum atomic E-state index is -1.73. The zero-order chi connectivity index (χ0) is 18.3. The Morgan fingerprint density at radius 2 is 2.00 bits per heavy atom. The maximum Gasteiger partial charge on any atom is 0.335 e. The Labute approximate surface area is 143 Å². The van der Waals surface area contributed by atoms with Crippen molar-refractivity contribution in [3.63, 3.8) is 0 Å². The maximum atomic E-state index is 11.7. The number of hydrogen-bond donors (Lipinski definition) is 4. The van der Waals surface area contributed by atoms with Crippen LogP contribution in [-0.4, -0.2) is 68.7 Å². The maximum absolute atomic E-state index is 11.7. The van der Waals surface area contributed by atoms with E-state index in [-0.39, 0.29) is 11.9 Å². The van der Waals surface area contributed by atoms with Gasteiger partial charge in [0.05, 0.1) is 6.04 Å². The summed E-state index contributed by atoms with van der Waals surface area (Å²) in [5, 5.41) is 39.0. The molecule has 0 spiro atoms. The van der Waals surface area contributed by atoms with Gasteiger partial charge in [-0.15, -0.1) is 0 Å². The number of nitrogens with zero attached hydrogens (tertiary/aromatic N) is 2. The van der Waals surface area contributed by atoms with Gasteiger partial charge in [-0.3, -0.25) is 4.79 Å². The highest BCUT2D eigenvalue weighted by Crippen LogP contribution is 2.31. The van der Waals surface area contributed by atoms with Gasteiger partial charge in [-0.2, -0.15) is 4.57 Å². The van der Waals surface area contributed by atoms with Gasteiger partial charge in [-0.05, 0) is 12.5 Å². The van der Waals surface area contributed by atoms with Crippen LogP contribution >= 0.6 is 0 Å². The molecule has 4 N–H and O–H groups in total. The van der Waals surface area contributed by atoms with Gasteiger partial charge in [-0.1, -0.05) is 0 Å². The number of carboxylic acid groups (broad SMARTS) is 1. The second kappa shape index (κ2) is 6.68. The van der Waals surface area contributed by atoms with Crippen LogP contribution in [0.4, 0.5) is 0 Å². The highest BCUT2D eigenvalue weighted by atomic mass is 16.6. The highest BCUT2D eigenvalue weighted by molar-refractivity contribution is 5.78. The molecule has 2 aliphatic rings. The average Bonchev–Trinajstić information content (AvgIpc) is 2.92. The molecule has 1 aromatic rings. The number of aromatic nitrogens is 1. The van der Waals surface area contributed by atoms with E-state index in [9.17, 15) is 24.9 Å². The highest BCUT2D eigenvalue weighted by Gasteiger charge is 2.51. The molecule has 1 amide bonds. The number of pyridine rings is 1. The minimum absolute atomic E-state index is 0.0406. The van der Waals surface area contributed by atoms with Gasteiger partial charge in [0.15, 0.2) is 24.6 Å². The lowest BCUT2D eigenvalue weighted by atomic mass is 9.97. The van der Waals surface area contributed by atoms with Crippen molar-refractivity contribution in [3.05, 3.63) is 30.1 Å². The Balaban J connectivity index is 1.89. The first-order valence-corrected chi connectivity index (χ1v) is 8.00. The third-order valence-electron chi connectivity index (χ3n) is 4.85. The van der Waals surface area contributed by atoms with Gasteiger partial charge in [0.1, 0.15) is 12.2 Å². The molecule has 0 aromatic carbocycles. The van der Waals surface area contributed by atoms with Gasteiger partial charge in [0.25, 0.3) is 6.23 Å². The van der Waals surface area contributed by atoms with Crippen LogP contribution in [0.5, 0.6) is 0 Å². The number of aliphatic hydroxyl groups is 3. The van der Waals surface area contributed by atoms with E-state index in [1.807, 2.05) is 6.07 Å². The van der Waals surface area contributed by atoms with Crippen LogP contribution in [0.1, 0.15) is 30.7 Å². The van der Waals surface area contributed by atoms with E-state index in [1.54, 1.807) is 30.4 Å². The summed E-state index contributed by atoms with van der Waals surface area (Å²) in [5.41, 5.74) is 0.805. The SMILES string of the molecule is CN1C(=O)CC[C@H]1c1ccc[n+]([C@H]2OC(C(=O)O)[C@@H](O)C(O)C2O)c1. The minimum Gasteiger partial charge on any atom is -0.479 e. The molecule has 25 heavy (non-hydrogen) atoms. The molecule has 2 saturated heterocycles. The van der Waals surface area contributed by atoms with E-state index >= 15 is 0 Å². The number of aliphatic hydroxyl groups excluding tert-OH is 3. The number of carboxylic acids is 1. The second-order valence-corrected chi connectivity index (χ2v) is 6.40. The number of amides is 1. The molecule has 0 radical (unpaired) electrons. The quantitative estimate of drug-likeness (QED) is 0.478. The van der Waals surface area contributed by atoms with E-state index in [4.69, 9.17) is 9.84 Å². The summed E-state index contributed by atoms with van der Waals surface area (Å²) in [7, 11) is 1.71. The molecule has 3 unspecified atom stereocenters. The zero-order valence-electron chi connectivity index (χ0n) is 13.6. The molecular formula is C16H21N2O7+. The third kappa shape index (κ3) is 3.11. The summed E-state index contributed by atoms with van der Waals surface area (Å²) in [4.78, 5) is 24.6. The molecular weight excluding hydrogens is 332 g/mol. The fourth-order valence-electron chi connectivity index (χ4n) is 3.37. The largest absolute Gasteiger partial charge is 0.479 e. The van der Waals surface area contributed by atoms with Crippen LogP contribution in [0.25, 0.3) is 0 Å².